The van der Waals surface area contributed by atoms with Crippen molar-refractivity contribution in [2.24, 2.45) is 0 Å². The van der Waals surface area contributed by atoms with Crippen LogP contribution in [0.4, 0.5) is 0 Å². The van der Waals surface area contributed by atoms with E-state index in [0.717, 1.165) is 0 Å². The zero-order chi connectivity index (χ0) is 12.6. The van der Waals surface area contributed by atoms with Crippen LogP contribution in [-0.4, -0.2) is 22.9 Å². The van der Waals surface area contributed by atoms with E-state index >= 15 is 0 Å². The van der Waals surface area contributed by atoms with E-state index < -0.39 is 5.60 Å². The second-order valence-electron chi connectivity index (χ2n) is 4.51. The van der Waals surface area contributed by atoms with E-state index in [9.17, 15) is 10.2 Å². The molecule has 0 radical (unpaired) electrons. The van der Waals surface area contributed by atoms with Crippen LogP contribution in [0.3, 0.4) is 0 Å². The normalized spacial score (nSPS) is 16.2. The molecule has 1 aliphatic rings. The van der Waals surface area contributed by atoms with Crippen molar-refractivity contribution < 1.29 is 19.7 Å². The van der Waals surface area contributed by atoms with Gasteiger partial charge in [0.25, 0.3) is 0 Å². The molecule has 0 aromatic heterocycles. The molecule has 17 heavy (non-hydrogen) atoms. The molecule has 1 heterocycles. The summed E-state index contributed by atoms with van der Waals surface area (Å²) in [5.74, 6) is 0.993. The van der Waals surface area contributed by atoms with E-state index in [0.29, 0.717) is 22.6 Å². The highest BCUT2D eigenvalue weighted by Crippen LogP contribution is 2.43. The molecule has 0 saturated carbocycles. The van der Waals surface area contributed by atoms with Gasteiger partial charge in [-0.3, -0.25) is 0 Å². The summed E-state index contributed by atoms with van der Waals surface area (Å²) in [6.45, 7) is 3.57. The van der Waals surface area contributed by atoms with Crippen LogP contribution in [0.1, 0.15) is 25.0 Å². The van der Waals surface area contributed by atoms with Gasteiger partial charge < -0.3 is 19.7 Å². The zero-order valence-corrected chi connectivity index (χ0v) is 10.2. The Labute approximate surface area is 100 Å². The fraction of sp³-hybridized carbons (Fsp3) is 0.385. The van der Waals surface area contributed by atoms with Crippen molar-refractivity contribution in [3.63, 3.8) is 0 Å². The Morgan fingerprint density at radius 1 is 1.41 bits per heavy atom. The average molecular weight is 236 g/mol. The van der Waals surface area contributed by atoms with Gasteiger partial charge in [-0.15, -0.1) is 0 Å². The van der Waals surface area contributed by atoms with Gasteiger partial charge in [-0.05, 0) is 26.0 Å². The summed E-state index contributed by atoms with van der Waals surface area (Å²) in [5, 5.41) is 19.3. The third-order valence-electron chi connectivity index (χ3n) is 2.77. The van der Waals surface area contributed by atoms with Crippen molar-refractivity contribution in [1.82, 2.24) is 0 Å². The van der Waals surface area contributed by atoms with Gasteiger partial charge in [0.05, 0.1) is 24.8 Å². The number of aromatic hydroxyl groups is 1. The molecule has 0 aliphatic carbocycles. The van der Waals surface area contributed by atoms with E-state index in [1.807, 2.05) is 19.9 Å². The topological polar surface area (TPSA) is 58.9 Å². The van der Waals surface area contributed by atoms with Crippen LogP contribution >= 0.6 is 0 Å². The molecule has 0 fully saturated rings. The van der Waals surface area contributed by atoms with Gasteiger partial charge in [-0.1, -0.05) is 0 Å². The lowest BCUT2D eigenvalue weighted by Gasteiger charge is -2.29. The van der Waals surface area contributed by atoms with Gasteiger partial charge in [0, 0.05) is 6.07 Å². The van der Waals surface area contributed by atoms with Gasteiger partial charge in [0.2, 0.25) is 0 Å². The number of ether oxygens (including phenoxy) is 2. The third kappa shape index (κ3) is 1.96. The minimum Gasteiger partial charge on any atom is -0.507 e. The highest BCUT2D eigenvalue weighted by Gasteiger charge is 2.26. The Hall–Kier alpha value is -1.68. The van der Waals surface area contributed by atoms with Gasteiger partial charge in [0.1, 0.15) is 22.8 Å². The van der Waals surface area contributed by atoms with Crippen LogP contribution in [-0.2, 0) is 6.61 Å². The lowest BCUT2D eigenvalue weighted by molar-refractivity contribution is 0.157. The van der Waals surface area contributed by atoms with Gasteiger partial charge in [-0.25, -0.2) is 0 Å². The lowest BCUT2D eigenvalue weighted by atomic mass is 9.99. The maximum absolute atomic E-state index is 10.0. The highest BCUT2D eigenvalue weighted by atomic mass is 16.5. The second-order valence-corrected chi connectivity index (χ2v) is 4.51. The molecule has 0 bridgehead atoms. The molecule has 2 rings (SSSR count). The molecular weight excluding hydrogens is 220 g/mol. The molecule has 0 spiro atoms. The van der Waals surface area contributed by atoms with Crippen molar-refractivity contribution in [2.75, 3.05) is 7.11 Å². The molecule has 2 N–H and O–H groups in total. The van der Waals surface area contributed by atoms with Crippen LogP contribution < -0.4 is 9.47 Å². The molecule has 0 amide bonds. The lowest BCUT2D eigenvalue weighted by Crippen LogP contribution is -2.27. The number of rotatable bonds is 2. The van der Waals surface area contributed by atoms with Crippen molar-refractivity contribution in [1.29, 1.82) is 0 Å². The first-order valence-electron chi connectivity index (χ1n) is 5.40. The minimum absolute atomic E-state index is 0.00796. The SMILES string of the molecule is COc1cc2c(c(O)c1CO)C=CC(C)(C)O2. The smallest absolute Gasteiger partial charge is 0.135 e. The first kappa shape index (κ1) is 11.8. The van der Waals surface area contributed by atoms with E-state index in [-0.39, 0.29) is 12.4 Å². The third-order valence-corrected chi connectivity index (χ3v) is 2.77. The molecule has 1 aromatic rings. The van der Waals surface area contributed by atoms with Gasteiger partial charge in [0.15, 0.2) is 0 Å². The number of benzene rings is 1. The summed E-state index contributed by atoms with van der Waals surface area (Å²) in [7, 11) is 1.49. The number of aliphatic hydroxyl groups excluding tert-OH is 1. The fourth-order valence-corrected chi connectivity index (χ4v) is 1.86. The second kappa shape index (κ2) is 3.96. The first-order chi connectivity index (χ1) is 7.98. The van der Waals surface area contributed by atoms with Crippen molar-refractivity contribution in [3.05, 3.63) is 23.3 Å². The summed E-state index contributed by atoms with van der Waals surface area (Å²) < 4.78 is 10.9. The van der Waals surface area contributed by atoms with Crippen LogP contribution in [0.15, 0.2) is 12.1 Å². The number of methoxy groups -OCH3 is 1. The van der Waals surface area contributed by atoms with E-state index in [1.165, 1.54) is 7.11 Å². The predicted molar refractivity (Wildman–Crippen MR) is 64.3 cm³/mol. The van der Waals surface area contributed by atoms with E-state index in [1.54, 1.807) is 12.1 Å². The molecule has 4 heteroatoms. The van der Waals surface area contributed by atoms with E-state index in [2.05, 4.69) is 0 Å². The maximum Gasteiger partial charge on any atom is 0.135 e. The van der Waals surface area contributed by atoms with Crippen LogP contribution in [0.25, 0.3) is 6.08 Å². The molecule has 1 aromatic carbocycles. The average Bonchev–Trinajstić information content (AvgIpc) is 2.27. The van der Waals surface area contributed by atoms with Gasteiger partial charge in [-0.2, -0.15) is 0 Å². The molecule has 92 valence electrons. The maximum atomic E-state index is 10.0. The summed E-state index contributed by atoms with van der Waals surface area (Å²) in [6.07, 6.45) is 3.66. The number of fused-ring (bicyclic) bond motifs is 1. The number of hydrogen-bond donors (Lipinski definition) is 2. The Morgan fingerprint density at radius 2 is 2.12 bits per heavy atom. The molecular formula is C13H16O4. The molecule has 1 aliphatic heterocycles. The minimum atomic E-state index is -0.412. The Balaban J connectivity index is 2.61. The van der Waals surface area contributed by atoms with Crippen molar-refractivity contribution in [3.8, 4) is 17.2 Å². The quantitative estimate of drug-likeness (QED) is 0.825. The van der Waals surface area contributed by atoms with Gasteiger partial charge >= 0.3 is 0 Å². The zero-order valence-electron chi connectivity index (χ0n) is 10.2. The summed E-state index contributed by atoms with van der Waals surface area (Å²) in [4.78, 5) is 0. The monoisotopic (exact) mass is 236 g/mol. The fourth-order valence-electron chi connectivity index (χ4n) is 1.86. The standard InChI is InChI=1S/C13H16O4/c1-13(2)5-4-8-11(17-13)6-10(16-3)9(7-14)12(8)15/h4-6,14-15H,7H2,1-3H3. The molecule has 4 nitrogen and oxygen atoms in total. The summed E-state index contributed by atoms with van der Waals surface area (Å²) in [5.41, 5.74) is 0.541. The number of hydrogen-bond acceptors (Lipinski definition) is 4. The van der Waals surface area contributed by atoms with Crippen LogP contribution in [0, 0.1) is 0 Å². The summed E-state index contributed by atoms with van der Waals surface area (Å²) in [6, 6.07) is 1.69. The van der Waals surface area contributed by atoms with Crippen LogP contribution in [0.2, 0.25) is 0 Å². The molecule has 0 saturated heterocycles. The Morgan fingerprint density at radius 3 is 2.71 bits per heavy atom. The van der Waals surface area contributed by atoms with Crippen molar-refractivity contribution in [2.45, 2.75) is 26.1 Å². The molecule has 0 unspecified atom stereocenters. The van der Waals surface area contributed by atoms with Crippen molar-refractivity contribution >= 4 is 6.08 Å². The largest absolute Gasteiger partial charge is 0.507 e. The first-order valence-corrected chi connectivity index (χ1v) is 5.40. The Bertz CT molecular complexity index is 475. The number of aliphatic hydroxyl groups is 1. The number of phenols is 1. The highest BCUT2D eigenvalue weighted by molar-refractivity contribution is 5.71. The Kier molecular flexibility index (Phi) is 2.75. The molecule has 0 atom stereocenters. The van der Waals surface area contributed by atoms with Crippen LogP contribution in [0.5, 0.6) is 17.2 Å². The predicted octanol–water partition coefficient (Wildman–Crippen LogP) is 2.08. The van der Waals surface area contributed by atoms with E-state index in [4.69, 9.17) is 9.47 Å². The summed E-state index contributed by atoms with van der Waals surface area (Å²) >= 11 is 0.